The molecule has 0 radical (unpaired) electrons. The number of hydrogen-bond acceptors (Lipinski definition) is 5. The van der Waals surface area contributed by atoms with Gasteiger partial charge in [0.1, 0.15) is 17.2 Å². The molecule has 3 aliphatic carbocycles. The van der Waals surface area contributed by atoms with E-state index in [1.54, 1.807) is 32.4 Å². The van der Waals surface area contributed by atoms with Gasteiger partial charge in [0.25, 0.3) is 5.91 Å². The number of para-hydroxylation sites is 1. The van der Waals surface area contributed by atoms with Crippen LogP contribution in [0.2, 0.25) is 0 Å². The van der Waals surface area contributed by atoms with Crippen molar-refractivity contribution < 1.29 is 23.8 Å². The van der Waals surface area contributed by atoms with Crippen LogP contribution in [-0.2, 0) is 11.3 Å². The molecular formula is C25H28N2O5. The molecule has 1 aliphatic heterocycles. The number of hydrogen-bond donors (Lipinski definition) is 2. The van der Waals surface area contributed by atoms with Crippen molar-refractivity contribution in [2.45, 2.75) is 38.0 Å². The Morgan fingerprint density at radius 1 is 1.19 bits per heavy atom. The Morgan fingerprint density at radius 3 is 2.78 bits per heavy atom. The molecule has 168 valence electrons. The van der Waals surface area contributed by atoms with Crippen LogP contribution in [0, 0.1) is 17.8 Å². The third-order valence-electron chi connectivity index (χ3n) is 7.25. The summed E-state index contributed by atoms with van der Waals surface area (Å²) >= 11 is 0. The van der Waals surface area contributed by atoms with Crippen molar-refractivity contribution in [2.75, 3.05) is 14.2 Å². The molecule has 1 spiro atoms. The molecule has 2 aromatic carbocycles. The van der Waals surface area contributed by atoms with Gasteiger partial charge >= 0.3 is 0 Å². The number of carbonyl (C=O) groups is 2. The fraction of sp³-hybridized carbons (Fsp3) is 0.440. The molecule has 7 heteroatoms. The van der Waals surface area contributed by atoms with E-state index >= 15 is 0 Å². The number of fused-ring (bicyclic) bond motifs is 3. The lowest BCUT2D eigenvalue weighted by Gasteiger charge is -2.55. The minimum atomic E-state index is -0.751. The second kappa shape index (κ2) is 8.04. The first kappa shape index (κ1) is 20.7. The Balaban J connectivity index is 1.30. The number of amides is 2. The number of ether oxygens (including phenoxy) is 3. The summed E-state index contributed by atoms with van der Waals surface area (Å²) < 4.78 is 17.1. The zero-order valence-electron chi connectivity index (χ0n) is 18.4. The van der Waals surface area contributed by atoms with Crippen molar-refractivity contribution in [2.24, 2.45) is 17.8 Å². The number of nitrogens with one attached hydrogen (secondary N) is 2. The minimum absolute atomic E-state index is 0.0599. The molecular weight excluding hydrogens is 408 g/mol. The van der Waals surface area contributed by atoms with E-state index in [1.807, 2.05) is 24.3 Å². The van der Waals surface area contributed by atoms with E-state index in [1.165, 1.54) is 0 Å². The van der Waals surface area contributed by atoms with E-state index in [9.17, 15) is 9.59 Å². The first-order valence-electron chi connectivity index (χ1n) is 11.1. The summed E-state index contributed by atoms with van der Waals surface area (Å²) in [7, 11) is 3.23. The normalized spacial score (nSPS) is 27.8. The molecule has 3 fully saturated rings. The number of carbonyl (C=O) groups excluding carboxylic acids is 2. The van der Waals surface area contributed by atoms with Crippen LogP contribution < -0.4 is 24.8 Å². The van der Waals surface area contributed by atoms with Crippen LogP contribution in [0.3, 0.4) is 0 Å². The zero-order valence-corrected chi connectivity index (χ0v) is 18.4. The maximum atomic E-state index is 13.1. The van der Waals surface area contributed by atoms with Gasteiger partial charge in [-0.05, 0) is 43.4 Å². The molecule has 0 unspecified atom stereocenters. The predicted octanol–water partition coefficient (Wildman–Crippen LogP) is 3.27. The lowest BCUT2D eigenvalue weighted by molar-refractivity contribution is -0.146. The summed E-state index contributed by atoms with van der Waals surface area (Å²) in [6.07, 6.45) is 3.22. The van der Waals surface area contributed by atoms with Crippen LogP contribution in [-0.4, -0.2) is 31.8 Å². The topological polar surface area (TPSA) is 85.9 Å². The fourth-order valence-corrected chi connectivity index (χ4v) is 5.60. The zero-order chi connectivity index (χ0) is 22.3. The highest BCUT2D eigenvalue weighted by atomic mass is 16.5. The van der Waals surface area contributed by atoms with Crippen LogP contribution in [0.1, 0.15) is 41.6 Å². The van der Waals surface area contributed by atoms with Gasteiger partial charge in [0.15, 0.2) is 5.72 Å². The molecule has 1 heterocycles. The number of benzene rings is 2. The summed E-state index contributed by atoms with van der Waals surface area (Å²) in [6.45, 7) is 0.433. The van der Waals surface area contributed by atoms with Gasteiger partial charge in [0.2, 0.25) is 5.91 Å². The van der Waals surface area contributed by atoms with Gasteiger partial charge in [-0.2, -0.15) is 0 Å². The van der Waals surface area contributed by atoms with Crippen molar-refractivity contribution in [3.05, 3.63) is 53.6 Å². The largest absolute Gasteiger partial charge is 0.497 e. The first-order valence-corrected chi connectivity index (χ1v) is 11.1. The Bertz CT molecular complexity index is 1050. The van der Waals surface area contributed by atoms with Crippen LogP contribution >= 0.6 is 0 Å². The van der Waals surface area contributed by atoms with Crippen LogP contribution in [0.4, 0.5) is 0 Å². The van der Waals surface area contributed by atoms with Gasteiger partial charge in [-0.25, -0.2) is 0 Å². The highest BCUT2D eigenvalue weighted by Crippen LogP contribution is 2.52. The first-order chi connectivity index (χ1) is 15.5. The van der Waals surface area contributed by atoms with Gasteiger partial charge in [0, 0.05) is 36.4 Å². The van der Waals surface area contributed by atoms with Crippen LogP contribution in [0.5, 0.6) is 17.2 Å². The Morgan fingerprint density at radius 2 is 2.03 bits per heavy atom. The molecule has 4 atom stereocenters. The summed E-state index contributed by atoms with van der Waals surface area (Å²) in [6, 6.07) is 13.0. The number of methoxy groups -OCH3 is 2. The average Bonchev–Trinajstić information content (AvgIpc) is 2.82. The summed E-state index contributed by atoms with van der Waals surface area (Å²) in [4.78, 5) is 25.9. The van der Waals surface area contributed by atoms with E-state index in [2.05, 4.69) is 10.6 Å². The van der Waals surface area contributed by atoms with Gasteiger partial charge in [-0.1, -0.05) is 18.2 Å². The van der Waals surface area contributed by atoms with Crippen LogP contribution in [0.15, 0.2) is 42.5 Å². The van der Waals surface area contributed by atoms with Crippen molar-refractivity contribution in [1.29, 1.82) is 0 Å². The monoisotopic (exact) mass is 436 g/mol. The van der Waals surface area contributed by atoms with Crippen molar-refractivity contribution in [3.8, 4) is 17.2 Å². The maximum Gasteiger partial charge on any atom is 0.258 e. The molecule has 0 saturated heterocycles. The molecule has 3 saturated carbocycles. The third kappa shape index (κ3) is 3.45. The Labute approximate surface area is 187 Å². The maximum absolute atomic E-state index is 13.1. The van der Waals surface area contributed by atoms with Crippen molar-refractivity contribution in [1.82, 2.24) is 10.6 Å². The SMILES string of the molecule is COc1ccc2c(c1)O[C@@]1(C[C@H]3CC[C@H]1C[C@H]3C(=O)NCc1ccccc1OC)NC2=O. The predicted molar refractivity (Wildman–Crippen MR) is 118 cm³/mol. The van der Waals surface area contributed by atoms with Gasteiger partial charge in [-0.3, -0.25) is 9.59 Å². The van der Waals surface area contributed by atoms with E-state index in [0.29, 0.717) is 36.4 Å². The second-order valence-electron chi connectivity index (χ2n) is 8.92. The van der Waals surface area contributed by atoms with Gasteiger partial charge < -0.3 is 24.8 Å². The van der Waals surface area contributed by atoms with Crippen molar-refractivity contribution in [3.63, 3.8) is 0 Å². The fourth-order valence-electron chi connectivity index (χ4n) is 5.60. The molecule has 6 rings (SSSR count). The van der Waals surface area contributed by atoms with E-state index in [0.717, 1.165) is 24.2 Å². The molecule has 2 amide bonds. The molecule has 2 N–H and O–H groups in total. The molecule has 32 heavy (non-hydrogen) atoms. The standard InChI is InChI=1S/C25H28N2O5/c1-30-18-9-10-19-22(12-18)32-25(27-24(19)29)13-15-7-8-17(25)11-20(15)23(28)26-14-16-5-3-4-6-21(16)31-2/h3-6,9-10,12,15,17,20H,7-8,11,13-14H2,1-2H3,(H,26,28)(H,27,29)/t15-,17+,20-,25-/m1/s1. The molecule has 7 nitrogen and oxygen atoms in total. The Kier molecular flexibility index (Phi) is 5.19. The lowest BCUT2D eigenvalue weighted by Crippen LogP contribution is -2.66. The average molecular weight is 437 g/mol. The summed E-state index contributed by atoms with van der Waals surface area (Å²) in [5.74, 6) is 2.07. The van der Waals surface area contributed by atoms with E-state index in [-0.39, 0.29) is 29.6 Å². The number of rotatable bonds is 5. The summed E-state index contributed by atoms with van der Waals surface area (Å²) in [5.41, 5.74) is 0.719. The highest BCUT2D eigenvalue weighted by molar-refractivity contribution is 5.98. The minimum Gasteiger partial charge on any atom is -0.497 e. The second-order valence-corrected chi connectivity index (χ2v) is 8.92. The smallest absolute Gasteiger partial charge is 0.258 e. The molecule has 0 aromatic heterocycles. The quantitative estimate of drug-likeness (QED) is 0.751. The van der Waals surface area contributed by atoms with Crippen molar-refractivity contribution >= 4 is 11.8 Å². The van der Waals surface area contributed by atoms with E-state index < -0.39 is 5.72 Å². The van der Waals surface area contributed by atoms with Crippen LogP contribution in [0.25, 0.3) is 0 Å². The molecule has 4 aliphatic rings. The van der Waals surface area contributed by atoms with Gasteiger partial charge in [0.05, 0.1) is 19.8 Å². The molecule has 2 aromatic rings. The molecule has 2 bridgehead atoms. The van der Waals surface area contributed by atoms with Gasteiger partial charge in [-0.15, -0.1) is 0 Å². The third-order valence-corrected chi connectivity index (χ3v) is 7.25. The highest BCUT2D eigenvalue weighted by Gasteiger charge is 2.57. The summed E-state index contributed by atoms with van der Waals surface area (Å²) in [5, 5.41) is 6.23. The van der Waals surface area contributed by atoms with E-state index in [4.69, 9.17) is 14.2 Å². The lowest BCUT2D eigenvalue weighted by atomic mass is 9.60. The Hall–Kier alpha value is -3.22.